The van der Waals surface area contributed by atoms with Gasteiger partial charge in [-0.15, -0.1) is 0 Å². The molecule has 0 aliphatic heterocycles. The summed E-state index contributed by atoms with van der Waals surface area (Å²) in [6, 6.07) is 6.31. The third kappa shape index (κ3) is 4.45. The summed E-state index contributed by atoms with van der Waals surface area (Å²) < 4.78 is 5.78. The van der Waals surface area contributed by atoms with E-state index in [1.54, 1.807) is 0 Å². The second-order valence-corrected chi connectivity index (χ2v) is 4.83. The summed E-state index contributed by atoms with van der Waals surface area (Å²) in [5.41, 5.74) is 8.09. The normalized spacial score (nSPS) is 10.4. The van der Waals surface area contributed by atoms with Crippen molar-refractivity contribution in [3.05, 3.63) is 29.3 Å². The van der Waals surface area contributed by atoms with E-state index in [2.05, 4.69) is 31.4 Å². The van der Waals surface area contributed by atoms with E-state index in [1.807, 2.05) is 11.8 Å². The van der Waals surface area contributed by atoms with Crippen molar-refractivity contribution in [1.82, 2.24) is 0 Å². The summed E-state index contributed by atoms with van der Waals surface area (Å²) in [4.78, 5) is 0. The smallest absolute Gasteiger partial charge is 0.122 e. The second-order valence-electron chi connectivity index (χ2n) is 3.84. The van der Waals surface area contributed by atoms with Gasteiger partial charge in [-0.25, -0.2) is 0 Å². The molecule has 1 rings (SSSR count). The topological polar surface area (TPSA) is 35.2 Å². The minimum Gasteiger partial charge on any atom is -0.493 e. The standard InChI is InChI=1S/C13H21NOS/c1-11-4-5-13(12(10-11)6-7-14)15-8-3-9-16-2/h4-5,10H,3,6-9,14H2,1-2H3. The molecule has 0 bridgehead atoms. The zero-order chi connectivity index (χ0) is 11.8. The van der Waals surface area contributed by atoms with E-state index in [0.29, 0.717) is 6.54 Å². The highest BCUT2D eigenvalue weighted by Crippen LogP contribution is 2.20. The van der Waals surface area contributed by atoms with Crippen molar-refractivity contribution in [2.45, 2.75) is 19.8 Å². The number of rotatable bonds is 7. The van der Waals surface area contributed by atoms with Crippen molar-refractivity contribution in [2.24, 2.45) is 5.73 Å². The predicted molar refractivity (Wildman–Crippen MR) is 72.4 cm³/mol. The van der Waals surface area contributed by atoms with Crippen LogP contribution in [0.5, 0.6) is 5.75 Å². The van der Waals surface area contributed by atoms with Gasteiger partial charge >= 0.3 is 0 Å². The molecular weight excluding hydrogens is 218 g/mol. The molecule has 0 aromatic heterocycles. The molecule has 0 unspecified atom stereocenters. The van der Waals surface area contributed by atoms with Crippen LogP contribution in [-0.4, -0.2) is 25.2 Å². The Kier molecular flexibility index (Phi) is 6.34. The molecule has 90 valence electrons. The van der Waals surface area contributed by atoms with Gasteiger partial charge in [0.2, 0.25) is 0 Å². The number of nitrogens with two attached hydrogens (primary N) is 1. The van der Waals surface area contributed by atoms with Gasteiger partial charge < -0.3 is 10.5 Å². The number of ether oxygens (including phenoxy) is 1. The first kappa shape index (κ1) is 13.4. The Labute approximate surface area is 103 Å². The molecule has 2 N–H and O–H groups in total. The van der Waals surface area contributed by atoms with Crippen LogP contribution in [0, 0.1) is 6.92 Å². The minimum atomic E-state index is 0.671. The lowest BCUT2D eigenvalue weighted by molar-refractivity contribution is 0.315. The summed E-state index contributed by atoms with van der Waals surface area (Å²) in [6.45, 7) is 3.56. The number of thioether (sulfide) groups is 1. The van der Waals surface area contributed by atoms with Gasteiger partial charge in [-0.2, -0.15) is 11.8 Å². The molecule has 0 heterocycles. The van der Waals surface area contributed by atoms with E-state index in [0.717, 1.165) is 31.0 Å². The first-order valence-electron chi connectivity index (χ1n) is 5.69. The van der Waals surface area contributed by atoms with Crippen LogP contribution in [0.25, 0.3) is 0 Å². The summed E-state index contributed by atoms with van der Waals surface area (Å²) in [6.07, 6.45) is 4.10. The molecule has 0 radical (unpaired) electrons. The molecule has 2 nitrogen and oxygen atoms in total. The van der Waals surface area contributed by atoms with Crippen LogP contribution in [0.3, 0.4) is 0 Å². The van der Waals surface area contributed by atoms with E-state index in [4.69, 9.17) is 10.5 Å². The summed E-state index contributed by atoms with van der Waals surface area (Å²) in [5.74, 6) is 2.15. The van der Waals surface area contributed by atoms with Crippen LogP contribution in [-0.2, 0) is 6.42 Å². The van der Waals surface area contributed by atoms with Crippen molar-refractivity contribution in [3.8, 4) is 5.75 Å². The van der Waals surface area contributed by atoms with E-state index in [-0.39, 0.29) is 0 Å². The molecule has 0 saturated carbocycles. The van der Waals surface area contributed by atoms with Gasteiger partial charge in [-0.3, -0.25) is 0 Å². The van der Waals surface area contributed by atoms with Crippen molar-refractivity contribution >= 4 is 11.8 Å². The maximum atomic E-state index is 5.78. The molecule has 3 heteroatoms. The van der Waals surface area contributed by atoms with Crippen molar-refractivity contribution in [1.29, 1.82) is 0 Å². The molecule has 16 heavy (non-hydrogen) atoms. The van der Waals surface area contributed by atoms with Gasteiger partial charge in [0.25, 0.3) is 0 Å². The van der Waals surface area contributed by atoms with Crippen LogP contribution in [0.15, 0.2) is 18.2 Å². The Bertz CT molecular complexity index is 315. The number of hydrogen-bond acceptors (Lipinski definition) is 3. The average Bonchev–Trinajstić information content (AvgIpc) is 2.27. The lowest BCUT2D eigenvalue weighted by Crippen LogP contribution is -2.06. The van der Waals surface area contributed by atoms with Gasteiger partial charge in [0.15, 0.2) is 0 Å². The Balaban J connectivity index is 2.56. The molecule has 0 fully saturated rings. The molecular formula is C13H21NOS. The van der Waals surface area contributed by atoms with Gasteiger partial charge in [0.1, 0.15) is 5.75 Å². The monoisotopic (exact) mass is 239 g/mol. The lowest BCUT2D eigenvalue weighted by atomic mass is 10.1. The zero-order valence-electron chi connectivity index (χ0n) is 10.2. The number of hydrogen-bond donors (Lipinski definition) is 1. The maximum absolute atomic E-state index is 5.78. The minimum absolute atomic E-state index is 0.671. The largest absolute Gasteiger partial charge is 0.493 e. The van der Waals surface area contributed by atoms with Gasteiger partial charge in [0, 0.05) is 0 Å². The summed E-state index contributed by atoms with van der Waals surface area (Å²) >= 11 is 1.85. The van der Waals surface area contributed by atoms with Gasteiger partial charge in [-0.1, -0.05) is 17.7 Å². The Morgan fingerprint density at radius 2 is 2.19 bits per heavy atom. The van der Waals surface area contributed by atoms with Crippen LogP contribution in [0.4, 0.5) is 0 Å². The average molecular weight is 239 g/mol. The zero-order valence-corrected chi connectivity index (χ0v) is 11.0. The molecule has 0 spiro atoms. The van der Waals surface area contributed by atoms with Gasteiger partial charge in [0.05, 0.1) is 6.61 Å². The van der Waals surface area contributed by atoms with Crippen LogP contribution < -0.4 is 10.5 Å². The molecule has 0 saturated heterocycles. The maximum Gasteiger partial charge on any atom is 0.122 e. The molecule has 0 aliphatic carbocycles. The SMILES string of the molecule is CSCCCOc1ccc(C)cc1CCN. The molecule has 0 atom stereocenters. The molecule has 0 amide bonds. The Morgan fingerprint density at radius 1 is 1.38 bits per heavy atom. The summed E-state index contributed by atoms with van der Waals surface area (Å²) in [7, 11) is 0. The van der Waals surface area contributed by atoms with Crippen molar-refractivity contribution in [3.63, 3.8) is 0 Å². The van der Waals surface area contributed by atoms with Crippen LogP contribution >= 0.6 is 11.8 Å². The van der Waals surface area contributed by atoms with Crippen LogP contribution in [0.1, 0.15) is 17.5 Å². The number of benzene rings is 1. The van der Waals surface area contributed by atoms with E-state index < -0.39 is 0 Å². The third-order valence-electron chi connectivity index (χ3n) is 2.38. The predicted octanol–water partition coefficient (Wildman–Crippen LogP) is 2.63. The highest BCUT2D eigenvalue weighted by Gasteiger charge is 2.03. The summed E-state index contributed by atoms with van der Waals surface area (Å²) in [5, 5.41) is 0. The number of aryl methyl sites for hydroxylation is 1. The van der Waals surface area contributed by atoms with Crippen LogP contribution in [0.2, 0.25) is 0 Å². The Hall–Kier alpha value is -0.670. The fraction of sp³-hybridized carbons (Fsp3) is 0.538. The Morgan fingerprint density at radius 3 is 2.88 bits per heavy atom. The first-order valence-corrected chi connectivity index (χ1v) is 7.08. The van der Waals surface area contributed by atoms with Gasteiger partial charge in [-0.05, 0) is 49.9 Å². The molecule has 1 aromatic carbocycles. The third-order valence-corrected chi connectivity index (χ3v) is 3.08. The fourth-order valence-electron chi connectivity index (χ4n) is 1.59. The fourth-order valence-corrected chi connectivity index (χ4v) is 1.99. The van der Waals surface area contributed by atoms with E-state index >= 15 is 0 Å². The highest BCUT2D eigenvalue weighted by molar-refractivity contribution is 7.98. The van der Waals surface area contributed by atoms with Crippen molar-refractivity contribution in [2.75, 3.05) is 25.2 Å². The van der Waals surface area contributed by atoms with E-state index in [1.165, 1.54) is 11.1 Å². The molecule has 1 aromatic rings. The second kappa shape index (κ2) is 7.58. The highest BCUT2D eigenvalue weighted by atomic mass is 32.2. The first-order chi connectivity index (χ1) is 7.77. The van der Waals surface area contributed by atoms with Crippen molar-refractivity contribution < 1.29 is 4.74 Å². The molecule has 0 aliphatic rings. The lowest BCUT2D eigenvalue weighted by Gasteiger charge is -2.11. The quantitative estimate of drug-likeness (QED) is 0.743. The van der Waals surface area contributed by atoms with E-state index in [9.17, 15) is 0 Å².